The molecular formula is C21H23Cl2N3S. The second kappa shape index (κ2) is 8.59. The number of hydrogen-bond donors (Lipinski definition) is 0. The Morgan fingerprint density at radius 3 is 2.59 bits per heavy atom. The fourth-order valence-electron chi connectivity index (χ4n) is 3.14. The van der Waals surface area contributed by atoms with Crippen LogP contribution in [-0.2, 0) is 0 Å². The molecule has 0 N–H and O–H groups in total. The maximum atomic E-state index is 6.42. The van der Waals surface area contributed by atoms with Crippen molar-refractivity contribution in [2.45, 2.75) is 40.2 Å². The molecule has 2 heterocycles. The van der Waals surface area contributed by atoms with E-state index in [-0.39, 0.29) is 6.04 Å². The highest BCUT2D eigenvalue weighted by atomic mass is 35.5. The number of nitrogens with zero attached hydrogens (tertiary/aromatic N) is 3. The van der Waals surface area contributed by atoms with Gasteiger partial charge in [-0.15, -0.1) is 11.3 Å². The monoisotopic (exact) mass is 419 g/mol. The number of aryl methyl sites for hydroxylation is 2. The number of anilines is 1. The lowest BCUT2D eigenvalue weighted by molar-refractivity contribution is 0.656. The molecule has 1 atom stereocenters. The van der Waals surface area contributed by atoms with Crippen LogP contribution in [0.4, 0.5) is 5.13 Å². The smallest absolute Gasteiger partial charge is 0.186 e. The van der Waals surface area contributed by atoms with Crippen LogP contribution in [0.3, 0.4) is 0 Å². The lowest BCUT2D eigenvalue weighted by Crippen LogP contribution is -2.27. The van der Waals surface area contributed by atoms with Gasteiger partial charge in [-0.3, -0.25) is 4.98 Å². The molecule has 1 unspecified atom stereocenters. The Hall–Kier alpha value is -1.62. The van der Waals surface area contributed by atoms with E-state index in [2.05, 4.69) is 42.8 Å². The Kier molecular flexibility index (Phi) is 6.40. The quantitative estimate of drug-likeness (QED) is 0.426. The van der Waals surface area contributed by atoms with Crippen molar-refractivity contribution in [1.29, 1.82) is 0 Å². The van der Waals surface area contributed by atoms with E-state index >= 15 is 0 Å². The van der Waals surface area contributed by atoms with Crippen LogP contribution < -0.4 is 4.90 Å². The highest BCUT2D eigenvalue weighted by Crippen LogP contribution is 2.39. The molecule has 0 saturated heterocycles. The van der Waals surface area contributed by atoms with Gasteiger partial charge in [-0.05, 0) is 63.1 Å². The van der Waals surface area contributed by atoms with Crippen molar-refractivity contribution in [3.8, 4) is 11.3 Å². The first-order valence-corrected chi connectivity index (χ1v) is 10.6. The average molecular weight is 420 g/mol. The minimum Gasteiger partial charge on any atom is -0.341 e. The third kappa shape index (κ3) is 4.45. The molecule has 0 saturated carbocycles. The molecule has 6 heteroatoms. The minimum absolute atomic E-state index is 0.214. The number of aromatic nitrogens is 2. The Labute approximate surface area is 175 Å². The average Bonchev–Trinajstić information content (AvgIpc) is 3.00. The SMILES string of the molecule is CCCN(c1nc(-c2ccc(Cl)cc2Cl)c(C)s1)C(C)c1ccnc(C)c1. The number of benzene rings is 1. The first kappa shape index (κ1) is 20.1. The first-order chi connectivity index (χ1) is 12.9. The molecular weight excluding hydrogens is 397 g/mol. The Morgan fingerprint density at radius 2 is 1.93 bits per heavy atom. The summed E-state index contributed by atoms with van der Waals surface area (Å²) < 4.78 is 0. The van der Waals surface area contributed by atoms with Crippen molar-refractivity contribution >= 4 is 39.7 Å². The van der Waals surface area contributed by atoms with E-state index < -0.39 is 0 Å². The van der Waals surface area contributed by atoms with Crippen LogP contribution in [0, 0.1) is 13.8 Å². The summed E-state index contributed by atoms with van der Waals surface area (Å²) in [6, 6.07) is 10.0. The Morgan fingerprint density at radius 1 is 1.15 bits per heavy atom. The molecule has 0 aliphatic heterocycles. The van der Waals surface area contributed by atoms with Gasteiger partial charge in [-0.1, -0.05) is 30.1 Å². The zero-order valence-corrected chi connectivity index (χ0v) is 18.3. The largest absolute Gasteiger partial charge is 0.341 e. The van der Waals surface area contributed by atoms with Gasteiger partial charge in [0.15, 0.2) is 5.13 Å². The van der Waals surface area contributed by atoms with E-state index in [1.165, 1.54) is 5.56 Å². The minimum atomic E-state index is 0.214. The van der Waals surface area contributed by atoms with Gasteiger partial charge in [0, 0.05) is 33.9 Å². The molecule has 3 aromatic rings. The molecule has 0 amide bonds. The van der Waals surface area contributed by atoms with Crippen LogP contribution in [0.25, 0.3) is 11.3 Å². The van der Waals surface area contributed by atoms with Crippen LogP contribution in [0.15, 0.2) is 36.5 Å². The zero-order chi connectivity index (χ0) is 19.6. The summed E-state index contributed by atoms with van der Waals surface area (Å²) in [5.41, 5.74) is 4.12. The molecule has 0 aliphatic carbocycles. The fraction of sp³-hybridized carbons (Fsp3) is 0.333. The lowest BCUT2D eigenvalue weighted by atomic mass is 10.1. The Bertz CT molecular complexity index is 939. The van der Waals surface area contributed by atoms with Gasteiger partial charge in [-0.25, -0.2) is 4.98 Å². The molecule has 2 aromatic heterocycles. The summed E-state index contributed by atoms with van der Waals surface area (Å²) in [5.74, 6) is 0. The van der Waals surface area contributed by atoms with Crippen molar-refractivity contribution in [1.82, 2.24) is 9.97 Å². The molecule has 142 valence electrons. The fourth-order valence-corrected chi connectivity index (χ4v) is 4.67. The van der Waals surface area contributed by atoms with Crippen LogP contribution in [0.1, 0.15) is 42.4 Å². The second-order valence-electron chi connectivity index (χ2n) is 6.63. The highest BCUT2D eigenvalue weighted by Gasteiger charge is 2.22. The lowest BCUT2D eigenvalue weighted by Gasteiger charge is -2.29. The van der Waals surface area contributed by atoms with Gasteiger partial charge in [0.25, 0.3) is 0 Å². The second-order valence-corrected chi connectivity index (χ2v) is 8.65. The van der Waals surface area contributed by atoms with E-state index in [9.17, 15) is 0 Å². The summed E-state index contributed by atoms with van der Waals surface area (Å²) in [6.45, 7) is 9.45. The van der Waals surface area contributed by atoms with Crippen molar-refractivity contribution in [2.24, 2.45) is 0 Å². The summed E-state index contributed by atoms with van der Waals surface area (Å²) in [7, 11) is 0. The molecule has 0 aliphatic rings. The maximum Gasteiger partial charge on any atom is 0.186 e. The van der Waals surface area contributed by atoms with Crippen molar-refractivity contribution in [3.63, 3.8) is 0 Å². The third-order valence-electron chi connectivity index (χ3n) is 4.55. The Balaban J connectivity index is 1.99. The number of thiazole rings is 1. The van der Waals surface area contributed by atoms with E-state index in [1.807, 2.05) is 25.3 Å². The van der Waals surface area contributed by atoms with E-state index in [1.54, 1.807) is 17.4 Å². The number of hydrogen-bond acceptors (Lipinski definition) is 4. The normalized spacial score (nSPS) is 12.2. The number of halogens is 2. The van der Waals surface area contributed by atoms with Gasteiger partial charge < -0.3 is 4.90 Å². The van der Waals surface area contributed by atoms with Gasteiger partial charge in [0.05, 0.1) is 16.8 Å². The molecule has 3 rings (SSSR count). The third-order valence-corrected chi connectivity index (χ3v) is 6.11. The molecule has 27 heavy (non-hydrogen) atoms. The number of pyridine rings is 1. The highest BCUT2D eigenvalue weighted by molar-refractivity contribution is 7.16. The summed E-state index contributed by atoms with van der Waals surface area (Å²) >= 11 is 14.2. The molecule has 0 bridgehead atoms. The molecule has 0 radical (unpaired) electrons. The standard InChI is InChI=1S/C21H23Cl2N3S/c1-5-10-26(14(3)16-8-9-24-13(2)11-16)21-25-20(15(4)27-21)18-7-6-17(22)12-19(18)23/h6-9,11-12,14H,5,10H2,1-4H3. The summed E-state index contributed by atoms with van der Waals surface area (Å²) in [6.07, 6.45) is 2.92. The van der Waals surface area contributed by atoms with Crippen molar-refractivity contribution in [3.05, 3.63) is 62.7 Å². The van der Waals surface area contributed by atoms with Crippen LogP contribution in [0.2, 0.25) is 10.0 Å². The zero-order valence-electron chi connectivity index (χ0n) is 16.0. The van der Waals surface area contributed by atoms with E-state index in [4.69, 9.17) is 28.2 Å². The first-order valence-electron chi connectivity index (χ1n) is 9.02. The van der Waals surface area contributed by atoms with Crippen LogP contribution in [-0.4, -0.2) is 16.5 Å². The van der Waals surface area contributed by atoms with Gasteiger partial charge >= 0.3 is 0 Å². The van der Waals surface area contributed by atoms with Gasteiger partial charge in [0.1, 0.15) is 0 Å². The molecule has 1 aromatic carbocycles. The van der Waals surface area contributed by atoms with E-state index in [0.29, 0.717) is 10.0 Å². The molecule has 0 spiro atoms. The summed E-state index contributed by atoms with van der Waals surface area (Å²) in [5, 5.41) is 2.27. The predicted molar refractivity (Wildman–Crippen MR) is 117 cm³/mol. The molecule has 3 nitrogen and oxygen atoms in total. The van der Waals surface area contributed by atoms with Crippen LogP contribution >= 0.6 is 34.5 Å². The predicted octanol–water partition coefficient (Wildman–Crippen LogP) is 7.11. The van der Waals surface area contributed by atoms with Crippen molar-refractivity contribution < 1.29 is 0 Å². The number of rotatable bonds is 6. The maximum absolute atomic E-state index is 6.42. The van der Waals surface area contributed by atoms with Crippen LogP contribution in [0.5, 0.6) is 0 Å². The molecule has 0 fully saturated rings. The topological polar surface area (TPSA) is 29.0 Å². The van der Waals surface area contributed by atoms with E-state index in [0.717, 1.165) is 39.9 Å². The van der Waals surface area contributed by atoms with Gasteiger partial charge in [-0.2, -0.15) is 0 Å². The summed E-state index contributed by atoms with van der Waals surface area (Å²) in [4.78, 5) is 12.8. The van der Waals surface area contributed by atoms with Crippen molar-refractivity contribution in [2.75, 3.05) is 11.4 Å². The van der Waals surface area contributed by atoms with Gasteiger partial charge in [0.2, 0.25) is 0 Å².